The number of hydrogen-bond donors (Lipinski definition) is 1. The largest absolute Gasteiger partial charge is 0.497 e. The molecule has 1 N–H and O–H groups in total. The molecule has 5 nitrogen and oxygen atoms in total. The van der Waals surface area contributed by atoms with Crippen molar-refractivity contribution in [2.75, 3.05) is 12.4 Å². The maximum absolute atomic E-state index is 13.5. The van der Waals surface area contributed by atoms with Gasteiger partial charge in [0.25, 0.3) is 0 Å². The van der Waals surface area contributed by atoms with E-state index >= 15 is 0 Å². The third-order valence-corrected chi connectivity index (χ3v) is 7.95. The van der Waals surface area contributed by atoms with Gasteiger partial charge in [0.1, 0.15) is 5.75 Å². The molecule has 0 heterocycles. The highest BCUT2D eigenvalue weighted by Crippen LogP contribution is 2.41. The Morgan fingerprint density at radius 3 is 2.37 bits per heavy atom. The summed E-state index contributed by atoms with van der Waals surface area (Å²) < 4.78 is 30.7. The smallest absolute Gasteiger partial charge is 0.246 e. The number of ether oxygens (including phenoxy) is 1. The van der Waals surface area contributed by atoms with Crippen molar-refractivity contribution < 1.29 is 17.9 Å². The van der Waals surface area contributed by atoms with E-state index in [0.717, 1.165) is 24.0 Å². The fourth-order valence-corrected chi connectivity index (χ4v) is 5.77. The number of benzene rings is 2. The Hall–Kier alpha value is -2.34. The molecule has 1 amide bonds. The summed E-state index contributed by atoms with van der Waals surface area (Å²) in [6.45, 7) is 3.82. The van der Waals surface area contributed by atoms with Gasteiger partial charge in [0.15, 0.2) is 14.6 Å². The summed E-state index contributed by atoms with van der Waals surface area (Å²) in [5.74, 6) is 0.136. The van der Waals surface area contributed by atoms with E-state index in [9.17, 15) is 13.2 Å². The fourth-order valence-electron chi connectivity index (χ4n) is 3.62. The molecule has 0 bridgehead atoms. The van der Waals surface area contributed by atoms with Crippen molar-refractivity contribution in [2.45, 2.75) is 49.2 Å². The fraction of sp³-hybridized carbons (Fsp3) is 0.381. The molecular weight excluding hydrogens is 362 g/mol. The number of carbonyl (C=O) groups excluding carboxylic acids is 1. The van der Waals surface area contributed by atoms with E-state index in [2.05, 4.69) is 5.32 Å². The summed E-state index contributed by atoms with van der Waals surface area (Å²) in [4.78, 5) is 13.4. The Balaban J connectivity index is 1.99. The van der Waals surface area contributed by atoms with Crippen molar-refractivity contribution in [1.29, 1.82) is 0 Å². The Morgan fingerprint density at radius 1 is 1.04 bits per heavy atom. The Kier molecular flexibility index (Phi) is 5.29. The van der Waals surface area contributed by atoms with E-state index in [0.29, 0.717) is 24.3 Å². The molecule has 1 fully saturated rings. The zero-order chi connectivity index (χ0) is 19.7. The SMILES string of the molecule is COc1cccc(NC(=O)C2(S(=O)(=O)c3ccc(C)c(C)c3)CCCC2)c1. The first kappa shape index (κ1) is 19.4. The van der Waals surface area contributed by atoms with Gasteiger partial charge in [-0.1, -0.05) is 25.0 Å². The highest BCUT2D eigenvalue weighted by atomic mass is 32.2. The summed E-state index contributed by atoms with van der Waals surface area (Å²) in [6, 6.07) is 12.0. The second-order valence-electron chi connectivity index (χ2n) is 7.14. The van der Waals surface area contributed by atoms with Crippen LogP contribution in [0.4, 0.5) is 5.69 Å². The van der Waals surface area contributed by atoms with Gasteiger partial charge in [0.05, 0.1) is 12.0 Å². The van der Waals surface area contributed by atoms with Crippen LogP contribution in [0, 0.1) is 13.8 Å². The lowest BCUT2D eigenvalue weighted by atomic mass is 10.1. The molecule has 144 valence electrons. The Bertz CT molecular complexity index is 960. The first-order chi connectivity index (χ1) is 12.8. The van der Waals surface area contributed by atoms with Gasteiger partial charge in [-0.2, -0.15) is 0 Å². The number of anilines is 1. The predicted octanol–water partition coefficient (Wildman–Crippen LogP) is 4.04. The normalized spacial score (nSPS) is 16.1. The molecule has 3 rings (SSSR count). The average molecular weight is 388 g/mol. The molecule has 27 heavy (non-hydrogen) atoms. The number of carbonyl (C=O) groups is 1. The van der Waals surface area contributed by atoms with Crippen LogP contribution in [0.3, 0.4) is 0 Å². The molecule has 2 aromatic carbocycles. The third-order valence-electron chi connectivity index (χ3n) is 5.46. The van der Waals surface area contributed by atoms with Crippen molar-refractivity contribution >= 4 is 21.4 Å². The lowest BCUT2D eigenvalue weighted by Gasteiger charge is -2.28. The van der Waals surface area contributed by atoms with Gasteiger partial charge in [-0.05, 0) is 62.1 Å². The number of sulfone groups is 1. The molecule has 0 saturated heterocycles. The minimum atomic E-state index is -3.82. The maximum atomic E-state index is 13.5. The van der Waals surface area contributed by atoms with Crippen LogP contribution >= 0.6 is 0 Å². The molecule has 0 aromatic heterocycles. The minimum absolute atomic E-state index is 0.216. The zero-order valence-electron chi connectivity index (χ0n) is 15.9. The summed E-state index contributed by atoms with van der Waals surface area (Å²) in [6.07, 6.45) is 2.10. The quantitative estimate of drug-likeness (QED) is 0.840. The van der Waals surface area contributed by atoms with Crippen LogP contribution in [-0.4, -0.2) is 26.2 Å². The van der Waals surface area contributed by atoms with Crippen molar-refractivity contribution in [3.63, 3.8) is 0 Å². The Labute approximate surface area is 160 Å². The van der Waals surface area contributed by atoms with E-state index in [1.54, 1.807) is 49.6 Å². The standard InChI is InChI=1S/C21H25NO4S/c1-15-9-10-19(13-16(15)2)27(24,25)21(11-4-5-12-21)20(23)22-17-7-6-8-18(14-17)26-3/h6-10,13-14H,4-5,11-12H2,1-3H3,(H,22,23). The third kappa shape index (κ3) is 3.46. The zero-order valence-corrected chi connectivity index (χ0v) is 16.7. The summed E-state index contributed by atoms with van der Waals surface area (Å²) in [7, 11) is -2.27. The molecule has 0 unspecified atom stereocenters. The second kappa shape index (κ2) is 7.35. The summed E-state index contributed by atoms with van der Waals surface area (Å²) in [5.41, 5.74) is 2.45. The van der Waals surface area contributed by atoms with Gasteiger partial charge in [-0.3, -0.25) is 4.79 Å². The molecule has 0 atom stereocenters. The number of nitrogens with one attached hydrogen (secondary N) is 1. The summed E-state index contributed by atoms with van der Waals surface area (Å²) in [5, 5.41) is 2.80. The first-order valence-corrected chi connectivity index (χ1v) is 10.6. The van der Waals surface area contributed by atoms with Crippen LogP contribution in [0.2, 0.25) is 0 Å². The predicted molar refractivity (Wildman–Crippen MR) is 106 cm³/mol. The summed E-state index contributed by atoms with van der Waals surface area (Å²) >= 11 is 0. The van der Waals surface area contributed by atoms with Crippen molar-refractivity contribution in [2.24, 2.45) is 0 Å². The maximum Gasteiger partial charge on any atom is 0.246 e. The van der Waals surface area contributed by atoms with E-state index in [1.807, 2.05) is 13.8 Å². The van der Waals surface area contributed by atoms with Gasteiger partial charge in [-0.25, -0.2) is 8.42 Å². The van der Waals surface area contributed by atoms with E-state index in [1.165, 1.54) is 0 Å². The molecule has 0 aliphatic heterocycles. The molecule has 1 aliphatic carbocycles. The molecular formula is C21H25NO4S. The number of aryl methyl sites for hydroxylation is 2. The highest BCUT2D eigenvalue weighted by molar-refractivity contribution is 7.93. The van der Waals surface area contributed by atoms with Crippen LogP contribution in [0.15, 0.2) is 47.4 Å². The monoisotopic (exact) mass is 387 g/mol. The topological polar surface area (TPSA) is 72.5 Å². The van der Waals surface area contributed by atoms with Crippen molar-refractivity contribution in [1.82, 2.24) is 0 Å². The average Bonchev–Trinajstić information content (AvgIpc) is 3.16. The van der Waals surface area contributed by atoms with Gasteiger partial charge in [-0.15, -0.1) is 0 Å². The van der Waals surface area contributed by atoms with E-state index in [-0.39, 0.29) is 4.90 Å². The van der Waals surface area contributed by atoms with Crippen LogP contribution in [-0.2, 0) is 14.6 Å². The van der Waals surface area contributed by atoms with Gasteiger partial charge in [0, 0.05) is 11.8 Å². The van der Waals surface area contributed by atoms with E-state index < -0.39 is 20.5 Å². The van der Waals surface area contributed by atoms with Crippen molar-refractivity contribution in [3.05, 3.63) is 53.6 Å². The molecule has 2 aromatic rings. The molecule has 0 spiro atoms. The number of rotatable bonds is 5. The highest BCUT2D eigenvalue weighted by Gasteiger charge is 2.53. The molecule has 6 heteroatoms. The molecule has 0 radical (unpaired) electrons. The lowest BCUT2D eigenvalue weighted by molar-refractivity contribution is -0.118. The minimum Gasteiger partial charge on any atom is -0.497 e. The molecule has 1 saturated carbocycles. The molecule has 1 aliphatic rings. The van der Waals surface area contributed by atoms with Gasteiger partial charge in [0.2, 0.25) is 5.91 Å². The number of amides is 1. The number of hydrogen-bond acceptors (Lipinski definition) is 4. The first-order valence-electron chi connectivity index (χ1n) is 9.07. The lowest BCUT2D eigenvalue weighted by Crippen LogP contribution is -2.47. The Morgan fingerprint density at radius 2 is 1.74 bits per heavy atom. The van der Waals surface area contributed by atoms with Gasteiger partial charge >= 0.3 is 0 Å². The van der Waals surface area contributed by atoms with E-state index in [4.69, 9.17) is 4.74 Å². The van der Waals surface area contributed by atoms with Gasteiger partial charge < -0.3 is 10.1 Å². The van der Waals surface area contributed by atoms with Crippen molar-refractivity contribution in [3.8, 4) is 5.75 Å². The second-order valence-corrected chi connectivity index (χ2v) is 9.40. The van der Waals surface area contributed by atoms with Crippen LogP contribution in [0.5, 0.6) is 5.75 Å². The number of methoxy groups -OCH3 is 1. The van der Waals surface area contributed by atoms with Crippen LogP contribution in [0.25, 0.3) is 0 Å². The van der Waals surface area contributed by atoms with Crippen LogP contribution in [0.1, 0.15) is 36.8 Å². The van der Waals surface area contributed by atoms with Crippen LogP contribution < -0.4 is 10.1 Å².